The molecule has 1 aromatic rings. The van der Waals surface area contributed by atoms with Crippen LogP contribution in [0.5, 0.6) is 0 Å². The van der Waals surface area contributed by atoms with Crippen molar-refractivity contribution in [3.63, 3.8) is 0 Å². The molecule has 1 saturated carbocycles. The van der Waals surface area contributed by atoms with Crippen molar-refractivity contribution < 1.29 is 0 Å². The minimum Gasteiger partial charge on any atom is -0.316 e. The highest BCUT2D eigenvalue weighted by atomic mass is 15.3. The van der Waals surface area contributed by atoms with Gasteiger partial charge in [0.25, 0.3) is 0 Å². The Kier molecular flexibility index (Phi) is 2.67. The molecular formula is C14H23N5. The number of nitrogens with zero attached hydrogens (tertiary/aromatic N) is 4. The average Bonchev–Trinajstić information content (AvgIpc) is 3.02. The van der Waals surface area contributed by atoms with Crippen LogP contribution in [0.1, 0.15) is 43.8 Å². The largest absolute Gasteiger partial charge is 0.316 e. The van der Waals surface area contributed by atoms with Gasteiger partial charge in [-0.2, -0.15) is 0 Å². The first-order valence-corrected chi connectivity index (χ1v) is 7.59. The van der Waals surface area contributed by atoms with Gasteiger partial charge >= 0.3 is 0 Å². The standard InChI is InChI=1S/C14H23N5/c1-14(4-5-15-9-14)10-18-6-7-19-12(8-18)16-17-13(19)11-2-3-11/h11,15H,2-10H2,1H3. The van der Waals surface area contributed by atoms with Crippen molar-refractivity contribution in [3.05, 3.63) is 11.6 Å². The molecule has 1 atom stereocenters. The Hall–Kier alpha value is -0.940. The summed E-state index contributed by atoms with van der Waals surface area (Å²) in [5.41, 5.74) is 0.446. The molecule has 1 N–H and O–H groups in total. The van der Waals surface area contributed by atoms with Crippen molar-refractivity contribution >= 4 is 0 Å². The maximum Gasteiger partial charge on any atom is 0.147 e. The monoisotopic (exact) mass is 261 g/mol. The summed E-state index contributed by atoms with van der Waals surface area (Å²) >= 11 is 0. The van der Waals surface area contributed by atoms with Crippen LogP contribution < -0.4 is 5.32 Å². The van der Waals surface area contributed by atoms with E-state index in [0.717, 1.165) is 26.2 Å². The van der Waals surface area contributed by atoms with Crippen LogP contribution in [-0.2, 0) is 13.1 Å². The molecule has 0 radical (unpaired) electrons. The molecule has 5 heteroatoms. The minimum absolute atomic E-state index is 0.446. The van der Waals surface area contributed by atoms with Gasteiger partial charge in [0.05, 0.1) is 6.54 Å². The topological polar surface area (TPSA) is 46.0 Å². The fourth-order valence-corrected chi connectivity index (χ4v) is 3.55. The van der Waals surface area contributed by atoms with E-state index in [2.05, 4.69) is 31.9 Å². The second-order valence-corrected chi connectivity index (χ2v) is 6.85. The van der Waals surface area contributed by atoms with E-state index in [-0.39, 0.29) is 0 Å². The van der Waals surface area contributed by atoms with Gasteiger partial charge < -0.3 is 9.88 Å². The molecule has 104 valence electrons. The molecule has 0 spiro atoms. The van der Waals surface area contributed by atoms with E-state index in [1.807, 2.05) is 0 Å². The number of aromatic nitrogens is 3. The summed E-state index contributed by atoms with van der Waals surface area (Å²) in [6, 6.07) is 0. The van der Waals surface area contributed by atoms with Crippen molar-refractivity contribution in [2.75, 3.05) is 26.2 Å². The van der Waals surface area contributed by atoms with Gasteiger partial charge in [-0.15, -0.1) is 10.2 Å². The maximum absolute atomic E-state index is 4.42. The lowest BCUT2D eigenvalue weighted by Crippen LogP contribution is -2.42. The highest BCUT2D eigenvalue weighted by molar-refractivity contribution is 5.10. The van der Waals surface area contributed by atoms with E-state index in [1.165, 1.54) is 44.0 Å². The molecule has 4 rings (SSSR count). The van der Waals surface area contributed by atoms with E-state index in [4.69, 9.17) is 0 Å². The third kappa shape index (κ3) is 2.19. The number of hydrogen-bond acceptors (Lipinski definition) is 4. The van der Waals surface area contributed by atoms with E-state index in [0.29, 0.717) is 11.3 Å². The summed E-state index contributed by atoms with van der Waals surface area (Å²) in [6.07, 6.45) is 3.92. The van der Waals surface area contributed by atoms with Crippen LogP contribution in [0, 0.1) is 5.41 Å². The molecule has 3 aliphatic rings. The summed E-state index contributed by atoms with van der Waals surface area (Å²) in [6.45, 7) is 9.14. The minimum atomic E-state index is 0.446. The van der Waals surface area contributed by atoms with Gasteiger partial charge in [0, 0.05) is 32.1 Å². The van der Waals surface area contributed by atoms with Crippen LogP contribution in [0.3, 0.4) is 0 Å². The second-order valence-electron chi connectivity index (χ2n) is 6.85. The molecule has 5 nitrogen and oxygen atoms in total. The molecule has 2 aliphatic heterocycles. The van der Waals surface area contributed by atoms with E-state index in [9.17, 15) is 0 Å². The third-order valence-electron chi connectivity index (χ3n) is 4.87. The lowest BCUT2D eigenvalue weighted by Gasteiger charge is -2.34. The van der Waals surface area contributed by atoms with Crippen LogP contribution in [0.15, 0.2) is 0 Å². The zero-order chi connectivity index (χ0) is 12.9. The predicted molar refractivity (Wildman–Crippen MR) is 72.9 cm³/mol. The lowest BCUT2D eigenvalue weighted by atomic mass is 9.89. The highest BCUT2D eigenvalue weighted by Gasteiger charge is 2.35. The van der Waals surface area contributed by atoms with Crippen molar-refractivity contribution in [3.8, 4) is 0 Å². The molecule has 1 saturated heterocycles. The maximum atomic E-state index is 4.42. The predicted octanol–water partition coefficient (Wildman–Crippen LogP) is 0.971. The summed E-state index contributed by atoms with van der Waals surface area (Å²) in [5.74, 6) is 3.15. The van der Waals surface area contributed by atoms with Gasteiger partial charge in [-0.3, -0.25) is 4.90 Å². The van der Waals surface area contributed by atoms with Crippen LogP contribution in [0.4, 0.5) is 0 Å². The van der Waals surface area contributed by atoms with Gasteiger partial charge in [-0.25, -0.2) is 0 Å². The normalized spacial score (nSPS) is 31.6. The first-order valence-electron chi connectivity index (χ1n) is 7.59. The zero-order valence-electron chi connectivity index (χ0n) is 11.7. The first kappa shape index (κ1) is 11.9. The molecule has 0 bridgehead atoms. The smallest absolute Gasteiger partial charge is 0.147 e. The van der Waals surface area contributed by atoms with Crippen molar-refractivity contribution in [2.24, 2.45) is 5.41 Å². The van der Waals surface area contributed by atoms with E-state index in [1.54, 1.807) is 0 Å². The molecule has 1 unspecified atom stereocenters. The Labute approximate surface area is 114 Å². The third-order valence-corrected chi connectivity index (χ3v) is 4.87. The Bertz CT molecular complexity index is 470. The van der Waals surface area contributed by atoms with Crippen LogP contribution >= 0.6 is 0 Å². The Morgan fingerprint density at radius 2 is 2.21 bits per heavy atom. The fraction of sp³-hybridized carbons (Fsp3) is 0.857. The van der Waals surface area contributed by atoms with Crippen LogP contribution in [0.2, 0.25) is 0 Å². The van der Waals surface area contributed by atoms with Crippen molar-refractivity contribution in [1.29, 1.82) is 0 Å². The van der Waals surface area contributed by atoms with Gasteiger partial charge in [0.1, 0.15) is 11.6 Å². The molecule has 3 heterocycles. The van der Waals surface area contributed by atoms with Gasteiger partial charge in [-0.05, 0) is 31.2 Å². The molecule has 1 aromatic heterocycles. The molecular weight excluding hydrogens is 238 g/mol. The zero-order valence-corrected chi connectivity index (χ0v) is 11.7. The van der Waals surface area contributed by atoms with Crippen molar-refractivity contribution in [2.45, 2.75) is 45.2 Å². The van der Waals surface area contributed by atoms with Gasteiger partial charge in [-0.1, -0.05) is 6.92 Å². The number of fused-ring (bicyclic) bond motifs is 1. The fourth-order valence-electron chi connectivity index (χ4n) is 3.55. The van der Waals surface area contributed by atoms with Crippen molar-refractivity contribution in [1.82, 2.24) is 25.0 Å². The van der Waals surface area contributed by atoms with Crippen LogP contribution in [-0.4, -0.2) is 45.8 Å². The van der Waals surface area contributed by atoms with E-state index < -0.39 is 0 Å². The SMILES string of the molecule is CC1(CN2CCn3c(nnc3C3CC3)C2)CCNC1. The summed E-state index contributed by atoms with van der Waals surface area (Å²) < 4.78 is 2.38. The Morgan fingerprint density at radius 3 is 2.95 bits per heavy atom. The lowest BCUT2D eigenvalue weighted by molar-refractivity contribution is 0.143. The molecule has 0 aromatic carbocycles. The molecule has 1 aliphatic carbocycles. The average molecular weight is 261 g/mol. The molecule has 0 amide bonds. The Balaban J connectivity index is 1.46. The summed E-state index contributed by atoms with van der Waals surface area (Å²) in [7, 11) is 0. The number of rotatable bonds is 3. The van der Waals surface area contributed by atoms with Crippen LogP contribution in [0.25, 0.3) is 0 Å². The highest BCUT2D eigenvalue weighted by Crippen LogP contribution is 2.39. The summed E-state index contributed by atoms with van der Waals surface area (Å²) in [5, 5.41) is 12.3. The Morgan fingerprint density at radius 1 is 1.32 bits per heavy atom. The second kappa shape index (κ2) is 4.28. The molecule has 19 heavy (non-hydrogen) atoms. The van der Waals surface area contributed by atoms with E-state index >= 15 is 0 Å². The van der Waals surface area contributed by atoms with Gasteiger partial charge in [0.15, 0.2) is 0 Å². The summed E-state index contributed by atoms with van der Waals surface area (Å²) in [4.78, 5) is 2.56. The van der Waals surface area contributed by atoms with Gasteiger partial charge in [0.2, 0.25) is 0 Å². The quantitative estimate of drug-likeness (QED) is 0.881. The number of nitrogens with one attached hydrogen (secondary N) is 1. The molecule has 2 fully saturated rings. The number of hydrogen-bond donors (Lipinski definition) is 1. The first-order chi connectivity index (χ1) is 9.23.